The molecule has 0 spiro atoms. The van der Waals surface area contributed by atoms with Crippen LogP contribution in [0.2, 0.25) is 0 Å². The van der Waals surface area contributed by atoms with E-state index in [1.165, 1.54) is 18.2 Å². The van der Waals surface area contributed by atoms with Crippen molar-refractivity contribution >= 4 is 44.3 Å². The Morgan fingerprint density at radius 1 is 1.30 bits per heavy atom. The van der Waals surface area contributed by atoms with Crippen molar-refractivity contribution in [3.8, 4) is 5.75 Å². The van der Waals surface area contributed by atoms with E-state index >= 15 is 0 Å². The third-order valence-electron chi connectivity index (χ3n) is 2.82. The topological polar surface area (TPSA) is 26.3 Å². The van der Waals surface area contributed by atoms with E-state index in [0.717, 1.165) is 10.0 Å². The Labute approximate surface area is 138 Å². The number of hydrogen-bond acceptors (Lipinski definition) is 2. The van der Waals surface area contributed by atoms with Crippen LogP contribution in [0, 0.1) is 9.39 Å². The van der Waals surface area contributed by atoms with Gasteiger partial charge in [-0.3, -0.25) is 4.79 Å². The third-order valence-corrected chi connectivity index (χ3v) is 4.21. The normalized spacial score (nSPS) is 10.4. The summed E-state index contributed by atoms with van der Waals surface area (Å²) in [4.78, 5) is 12.3. The highest BCUT2D eigenvalue weighted by atomic mass is 127. The zero-order valence-electron chi connectivity index (χ0n) is 10.6. The van der Waals surface area contributed by atoms with Crippen molar-refractivity contribution in [3.05, 3.63) is 61.4 Å². The summed E-state index contributed by atoms with van der Waals surface area (Å²) in [5, 5.41) is 0. The van der Waals surface area contributed by atoms with E-state index in [0.29, 0.717) is 14.9 Å². The molecule has 0 atom stereocenters. The molecular formula is C15H11BrFIO2. The number of carbonyl (C=O) groups excluding carboxylic acids is 1. The maximum absolute atomic E-state index is 13.1. The molecular weight excluding hydrogens is 438 g/mol. The number of hydrogen-bond donors (Lipinski definition) is 0. The van der Waals surface area contributed by atoms with Crippen LogP contribution >= 0.6 is 38.5 Å². The van der Waals surface area contributed by atoms with Gasteiger partial charge in [0.2, 0.25) is 0 Å². The van der Waals surface area contributed by atoms with Crippen LogP contribution in [0.3, 0.4) is 0 Å². The molecule has 0 aliphatic heterocycles. The van der Waals surface area contributed by atoms with Crippen molar-refractivity contribution in [2.24, 2.45) is 0 Å². The molecule has 0 bridgehead atoms. The molecule has 5 heteroatoms. The van der Waals surface area contributed by atoms with Crippen molar-refractivity contribution < 1.29 is 13.9 Å². The molecule has 2 nitrogen and oxygen atoms in total. The second-order valence-electron chi connectivity index (χ2n) is 4.18. The molecule has 0 aromatic heterocycles. The van der Waals surface area contributed by atoms with Crippen LogP contribution in [-0.2, 0) is 6.42 Å². The van der Waals surface area contributed by atoms with Gasteiger partial charge in [0.05, 0.1) is 7.11 Å². The minimum Gasteiger partial charge on any atom is -0.496 e. The number of ether oxygens (including phenoxy) is 1. The zero-order valence-corrected chi connectivity index (χ0v) is 14.4. The first-order valence-corrected chi connectivity index (χ1v) is 7.69. The van der Waals surface area contributed by atoms with Gasteiger partial charge in [-0.1, -0.05) is 15.9 Å². The van der Waals surface area contributed by atoms with Crippen LogP contribution < -0.4 is 4.74 Å². The lowest BCUT2D eigenvalue weighted by molar-refractivity contribution is 0.0991. The fourth-order valence-electron chi connectivity index (χ4n) is 1.87. The first kappa shape index (κ1) is 15.4. The molecule has 0 aliphatic carbocycles. The second kappa shape index (κ2) is 6.67. The first-order valence-electron chi connectivity index (χ1n) is 5.82. The van der Waals surface area contributed by atoms with Gasteiger partial charge in [0, 0.05) is 25.6 Å². The second-order valence-corrected chi connectivity index (χ2v) is 6.26. The van der Waals surface area contributed by atoms with Crippen molar-refractivity contribution in [1.82, 2.24) is 0 Å². The van der Waals surface area contributed by atoms with Gasteiger partial charge in [0.25, 0.3) is 0 Å². The van der Waals surface area contributed by atoms with Crippen LogP contribution in [0.4, 0.5) is 4.39 Å². The Morgan fingerprint density at radius 3 is 2.70 bits per heavy atom. The fourth-order valence-corrected chi connectivity index (χ4v) is 3.06. The Balaban J connectivity index is 2.30. The predicted octanol–water partition coefficient (Wildman–Crippen LogP) is 4.63. The highest BCUT2D eigenvalue weighted by Gasteiger charge is 2.14. The molecule has 0 radical (unpaired) electrons. The Hall–Kier alpha value is -0.950. The number of Topliss-reactive ketones (excluding diaryl/α,β-unsaturated/α-hetero) is 1. The van der Waals surface area contributed by atoms with Crippen LogP contribution in [-0.4, -0.2) is 12.9 Å². The monoisotopic (exact) mass is 448 g/mol. The van der Waals surface area contributed by atoms with Crippen molar-refractivity contribution in [1.29, 1.82) is 0 Å². The van der Waals surface area contributed by atoms with Gasteiger partial charge in [-0.2, -0.15) is 0 Å². The third kappa shape index (κ3) is 3.58. The predicted molar refractivity (Wildman–Crippen MR) is 87.8 cm³/mol. The summed E-state index contributed by atoms with van der Waals surface area (Å²) in [5.74, 6) is 0.260. The van der Waals surface area contributed by atoms with Gasteiger partial charge in [-0.25, -0.2) is 4.39 Å². The van der Waals surface area contributed by atoms with Crippen LogP contribution in [0.5, 0.6) is 5.75 Å². The number of rotatable bonds is 4. The minimum atomic E-state index is -0.342. The molecule has 0 unspecified atom stereocenters. The van der Waals surface area contributed by atoms with E-state index in [-0.39, 0.29) is 18.0 Å². The van der Waals surface area contributed by atoms with Crippen LogP contribution in [0.15, 0.2) is 40.9 Å². The Kier molecular flexibility index (Phi) is 5.15. The summed E-state index contributed by atoms with van der Waals surface area (Å²) in [6.45, 7) is 0. The molecule has 0 aliphatic rings. The molecule has 2 aromatic rings. The van der Waals surface area contributed by atoms with E-state index in [2.05, 4.69) is 15.9 Å². The average Bonchev–Trinajstić information content (AvgIpc) is 2.38. The lowest BCUT2D eigenvalue weighted by Gasteiger charge is -2.09. The summed E-state index contributed by atoms with van der Waals surface area (Å²) in [6.07, 6.45) is 0.213. The zero-order chi connectivity index (χ0) is 14.7. The molecule has 2 aromatic carbocycles. The quantitative estimate of drug-likeness (QED) is 0.503. The van der Waals surface area contributed by atoms with E-state index in [1.54, 1.807) is 7.11 Å². The van der Waals surface area contributed by atoms with Gasteiger partial charge in [-0.15, -0.1) is 0 Å². The fraction of sp³-hybridized carbons (Fsp3) is 0.133. The van der Waals surface area contributed by atoms with Gasteiger partial charge < -0.3 is 4.74 Å². The van der Waals surface area contributed by atoms with E-state index < -0.39 is 0 Å². The lowest BCUT2D eigenvalue weighted by Crippen LogP contribution is -2.07. The summed E-state index contributed by atoms with van der Waals surface area (Å²) >= 11 is 5.35. The SMILES string of the molecule is COc1ccc(Br)cc1CC(=O)c1ccc(F)cc1I. The van der Waals surface area contributed by atoms with E-state index in [9.17, 15) is 9.18 Å². The standard InChI is InChI=1S/C15H11BrFIO2/c1-20-15-5-2-10(16)6-9(15)7-14(19)12-4-3-11(17)8-13(12)18/h2-6,8H,7H2,1H3. The maximum Gasteiger partial charge on any atom is 0.168 e. The van der Waals surface area contributed by atoms with E-state index in [1.807, 2.05) is 40.8 Å². The van der Waals surface area contributed by atoms with Crippen molar-refractivity contribution in [3.63, 3.8) is 0 Å². The number of carbonyl (C=O) groups is 1. The van der Waals surface area contributed by atoms with Gasteiger partial charge in [0.15, 0.2) is 5.78 Å². The van der Waals surface area contributed by atoms with Crippen molar-refractivity contribution in [2.45, 2.75) is 6.42 Å². The number of halogens is 3. The van der Waals surface area contributed by atoms with Crippen molar-refractivity contribution in [2.75, 3.05) is 7.11 Å². The van der Waals surface area contributed by atoms with Crippen LogP contribution in [0.25, 0.3) is 0 Å². The number of methoxy groups -OCH3 is 1. The molecule has 0 saturated heterocycles. The summed E-state index contributed by atoms with van der Waals surface area (Å²) in [6, 6.07) is 9.69. The Morgan fingerprint density at radius 2 is 2.05 bits per heavy atom. The molecule has 104 valence electrons. The smallest absolute Gasteiger partial charge is 0.168 e. The summed E-state index contributed by atoms with van der Waals surface area (Å²) in [5.41, 5.74) is 1.32. The lowest BCUT2D eigenvalue weighted by atomic mass is 10.0. The molecule has 0 fully saturated rings. The van der Waals surface area contributed by atoms with Crippen LogP contribution in [0.1, 0.15) is 15.9 Å². The maximum atomic E-state index is 13.1. The highest BCUT2D eigenvalue weighted by molar-refractivity contribution is 14.1. The highest BCUT2D eigenvalue weighted by Crippen LogP contribution is 2.25. The average molecular weight is 449 g/mol. The molecule has 0 heterocycles. The first-order chi connectivity index (χ1) is 9.51. The minimum absolute atomic E-state index is 0.0641. The van der Waals surface area contributed by atoms with Gasteiger partial charge in [-0.05, 0) is 59.0 Å². The molecule has 20 heavy (non-hydrogen) atoms. The summed E-state index contributed by atoms with van der Waals surface area (Å²) in [7, 11) is 1.57. The number of benzene rings is 2. The largest absolute Gasteiger partial charge is 0.496 e. The molecule has 0 N–H and O–H groups in total. The van der Waals surface area contributed by atoms with E-state index in [4.69, 9.17) is 4.74 Å². The number of ketones is 1. The van der Waals surface area contributed by atoms with Gasteiger partial charge >= 0.3 is 0 Å². The summed E-state index contributed by atoms with van der Waals surface area (Å²) < 4.78 is 19.8. The molecule has 2 rings (SSSR count). The molecule has 0 amide bonds. The Bertz CT molecular complexity index is 658. The molecule has 0 saturated carbocycles. The van der Waals surface area contributed by atoms with Gasteiger partial charge in [0.1, 0.15) is 11.6 Å².